The molecule has 0 saturated heterocycles. The van der Waals surface area contributed by atoms with Gasteiger partial charge in [0.1, 0.15) is 5.75 Å². The molecule has 0 fully saturated rings. The zero-order valence-corrected chi connectivity index (χ0v) is 11.2. The third-order valence-corrected chi connectivity index (χ3v) is 3.20. The van der Waals surface area contributed by atoms with Gasteiger partial charge in [0.2, 0.25) is 5.56 Å². The summed E-state index contributed by atoms with van der Waals surface area (Å²) in [6.07, 6.45) is 0. The number of rotatable bonds is 3. The second-order valence-electron chi connectivity index (χ2n) is 4.59. The topological polar surface area (TPSA) is 42.1 Å². The third kappa shape index (κ3) is 2.43. The fourth-order valence-corrected chi connectivity index (χ4v) is 2.26. The summed E-state index contributed by atoms with van der Waals surface area (Å²) in [7, 11) is 0. The van der Waals surface area contributed by atoms with Crippen LogP contribution in [0.15, 0.2) is 59.4 Å². The van der Waals surface area contributed by atoms with E-state index in [0.29, 0.717) is 6.61 Å². The number of H-pyrrole nitrogens is 1. The second kappa shape index (κ2) is 5.21. The second-order valence-corrected chi connectivity index (χ2v) is 4.59. The minimum Gasteiger partial charge on any atom is -0.494 e. The minimum absolute atomic E-state index is 0.0886. The molecule has 100 valence electrons. The van der Waals surface area contributed by atoms with Gasteiger partial charge in [-0.2, -0.15) is 0 Å². The quantitative estimate of drug-likeness (QED) is 0.786. The number of aromatic nitrogens is 1. The summed E-state index contributed by atoms with van der Waals surface area (Å²) in [6.45, 7) is 2.63. The Labute approximate surface area is 116 Å². The van der Waals surface area contributed by atoms with E-state index >= 15 is 0 Å². The SMILES string of the molecule is CCOc1ccc2cc(-c3cccc(=O)[nH]3)ccc2c1. The summed E-state index contributed by atoms with van der Waals surface area (Å²) in [5.74, 6) is 0.876. The summed E-state index contributed by atoms with van der Waals surface area (Å²) in [6, 6.07) is 17.3. The van der Waals surface area contributed by atoms with E-state index in [0.717, 1.165) is 27.8 Å². The summed E-state index contributed by atoms with van der Waals surface area (Å²) in [5, 5.41) is 2.24. The highest BCUT2D eigenvalue weighted by Gasteiger charge is 2.02. The maximum atomic E-state index is 11.4. The van der Waals surface area contributed by atoms with Gasteiger partial charge in [-0.15, -0.1) is 0 Å². The molecule has 0 aliphatic carbocycles. The van der Waals surface area contributed by atoms with Crippen LogP contribution in [-0.4, -0.2) is 11.6 Å². The molecule has 0 atom stereocenters. The maximum Gasteiger partial charge on any atom is 0.248 e. The first kappa shape index (κ1) is 12.5. The van der Waals surface area contributed by atoms with Crippen molar-refractivity contribution in [1.29, 1.82) is 0 Å². The molecule has 0 aliphatic rings. The van der Waals surface area contributed by atoms with Crippen LogP contribution in [0.4, 0.5) is 0 Å². The standard InChI is InChI=1S/C17H15NO2/c1-2-20-15-9-8-12-10-14(7-6-13(12)11-15)16-4-3-5-17(19)18-16/h3-11H,2H2,1H3,(H,18,19). The molecule has 0 unspecified atom stereocenters. The highest BCUT2D eigenvalue weighted by atomic mass is 16.5. The lowest BCUT2D eigenvalue weighted by Gasteiger charge is -2.07. The zero-order chi connectivity index (χ0) is 13.9. The fourth-order valence-electron chi connectivity index (χ4n) is 2.26. The van der Waals surface area contributed by atoms with Crippen molar-refractivity contribution < 1.29 is 4.74 Å². The molecular weight excluding hydrogens is 250 g/mol. The Bertz CT molecular complexity index is 805. The summed E-state index contributed by atoms with van der Waals surface area (Å²) < 4.78 is 5.50. The van der Waals surface area contributed by atoms with Crippen LogP contribution in [0.3, 0.4) is 0 Å². The first-order valence-corrected chi connectivity index (χ1v) is 6.62. The highest BCUT2D eigenvalue weighted by Crippen LogP contribution is 2.25. The molecule has 0 saturated carbocycles. The Hall–Kier alpha value is -2.55. The molecule has 1 N–H and O–H groups in total. The molecule has 1 heterocycles. The van der Waals surface area contributed by atoms with Crippen LogP contribution in [0.25, 0.3) is 22.0 Å². The zero-order valence-electron chi connectivity index (χ0n) is 11.2. The largest absolute Gasteiger partial charge is 0.494 e. The van der Waals surface area contributed by atoms with Crippen LogP contribution < -0.4 is 10.3 Å². The molecule has 0 spiro atoms. The third-order valence-electron chi connectivity index (χ3n) is 3.20. The van der Waals surface area contributed by atoms with Crippen molar-refractivity contribution in [3.63, 3.8) is 0 Å². The van der Waals surface area contributed by atoms with E-state index in [1.807, 2.05) is 43.3 Å². The first-order chi connectivity index (χ1) is 9.76. The number of pyridine rings is 1. The fraction of sp³-hybridized carbons (Fsp3) is 0.118. The van der Waals surface area contributed by atoms with Gasteiger partial charge in [0, 0.05) is 11.8 Å². The lowest BCUT2D eigenvalue weighted by molar-refractivity contribution is 0.341. The first-order valence-electron chi connectivity index (χ1n) is 6.62. The lowest BCUT2D eigenvalue weighted by atomic mass is 10.0. The Morgan fingerprint density at radius 1 is 1.00 bits per heavy atom. The van der Waals surface area contributed by atoms with E-state index in [1.165, 1.54) is 6.07 Å². The van der Waals surface area contributed by atoms with Crippen molar-refractivity contribution in [3.05, 3.63) is 65.0 Å². The van der Waals surface area contributed by atoms with Crippen LogP contribution >= 0.6 is 0 Å². The van der Waals surface area contributed by atoms with Crippen molar-refractivity contribution in [1.82, 2.24) is 4.98 Å². The Kier molecular flexibility index (Phi) is 3.25. The monoisotopic (exact) mass is 265 g/mol. The van der Waals surface area contributed by atoms with Crippen molar-refractivity contribution in [3.8, 4) is 17.0 Å². The van der Waals surface area contributed by atoms with Crippen molar-refractivity contribution >= 4 is 10.8 Å². The maximum absolute atomic E-state index is 11.4. The molecule has 0 radical (unpaired) electrons. The van der Waals surface area contributed by atoms with Crippen LogP contribution in [0.5, 0.6) is 5.75 Å². The average molecular weight is 265 g/mol. The average Bonchev–Trinajstić information content (AvgIpc) is 2.47. The molecule has 1 aromatic heterocycles. The normalized spacial score (nSPS) is 10.7. The number of aromatic amines is 1. The Balaban J connectivity index is 2.07. The van der Waals surface area contributed by atoms with Crippen molar-refractivity contribution in [2.24, 2.45) is 0 Å². The van der Waals surface area contributed by atoms with Gasteiger partial charge in [-0.1, -0.05) is 24.3 Å². The molecule has 20 heavy (non-hydrogen) atoms. The Morgan fingerprint density at radius 3 is 2.60 bits per heavy atom. The predicted octanol–water partition coefficient (Wildman–Crippen LogP) is 3.59. The molecule has 2 aromatic carbocycles. The predicted molar refractivity (Wildman–Crippen MR) is 81.2 cm³/mol. The van der Waals surface area contributed by atoms with Crippen molar-refractivity contribution in [2.45, 2.75) is 6.92 Å². The van der Waals surface area contributed by atoms with Gasteiger partial charge in [0.15, 0.2) is 0 Å². The molecule has 0 aliphatic heterocycles. The van der Waals surface area contributed by atoms with Gasteiger partial charge in [-0.25, -0.2) is 0 Å². The van der Waals surface area contributed by atoms with Crippen LogP contribution in [0.1, 0.15) is 6.92 Å². The highest BCUT2D eigenvalue weighted by molar-refractivity contribution is 5.87. The van der Waals surface area contributed by atoms with E-state index < -0.39 is 0 Å². The molecule has 3 aromatic rings. The van der Waals surface area contributed by atoms with Gasteiger partial charge < -0.3 is 9.72 Å². The van der Waals surface area contributed by atoms with Crippen LogP contribution in [0, 0.1) is 0 Å². The number of benzene rings is 2. The molecule has 3 heteroatoms. The van der Waals surface area contributed by atoms with E-state index in [-0.39, 0.29) is 5.56 Å². The summed E-state index contributed by atoms with van der Waals surface area (Å²) >= 11 is 0. The van der Waals surface area contributed by atoms with Crippen molar-refractivity contribution in [2.75, 3.05) is 6.61 Å². The molecule has 0 amide bonds. The molecule has 0 bridgehead atoms. The number of hydrogen-bond acceptors (Lipinski definition) is 2. The minimum atomic E-state index is -0.0886. The van der Waals surface area contributed by atoms with E-state index in [1.54, 1.807) is 6.07 Å². The van der Waals surface area contributed by atoms with E-state index in [4.69, 9.17) is 4.74 Å². The van der Waals surface area contributed by atoms with Gasteiger partial charge in [0.25, 0.3) is 0 Å². The van der Waals surface area contributed by atoms with Gasteiger partial charge >= 0.3 is 0 Å². The molecule has 3 nitrogen and oxygen atoms in total. The summed E-state index contributed by atoms with van der Waals surface area (Å²) in [5.41, 5.74) is 1.74. The van der Waals surface area contributed by atoms with E-state index in [9.17, 15) is 4.79 Å². The van der Waals surface area contributed by atoms with Gasteiger partial charge in [-0.3, -0.25) is 4.79 Å². The number of ether oxygens (including phenoxy) is 1. The van der Waals surface area contributed by atoms with Crippen LogP contribution in [-0.2, 0) is 0 Å². The van der Waals surface area contributed by atoms with Gasteiger partial charge in [0.05, 0.1) is 6.61 Å². The van der Waals surface area contributed by atoms with Gasteiger partial charge in [-0.05, 0) is 47.5 Å². The lowest BCUT2D eigenvalue weighted by Crippen LogP contribution is -2.03. The number of fused-ring (bicyclic) bond motifs is 1. The summed E-state index contributed by atoms with van der Waals surface area (Å²) in [4.78, 5) is 14.2. The number of nitrogens with one attached hydrogen (secondary N) is 1. The smallest absolute Gasteiger partial charge is 0.248 e. The molecule has 3 rings (SSSR count). The van der Waals surface area contributed by atoms with E-state index in [2.05, 4.69) is 11.1 Å². The molecular formula is C17H15NO2. The van der Waals surface area contributed by atoms with Crippen LogP contribution in [0.2, 0.25) is 0 Å². The number of hydrogen-bond donors (Lipinski definition) is 1. The Morgan fingerprint density at radius 2 is 1.80 bits per heavy atom.